The number of fused-ring (bicyclic) bond motifs is 2. The van der Waals surface area contributed by atoms with Gasteiger partial charge in [0, 0.05) is 23.9 Å². The van der Waals surface area contributed by atoms with E-state index in [2.05, 4.69) is 66.0 Å². The Kier molecular flexibility index (Phi) is 3.73. The maximum atomic E-state index is 10.9. The van der Waals surface area contributed by atoms with Crippen LogP contribution in [0.1, 0.15) is 42.5 Å². The summed E-state index contributed by atoms with van der Waals surface area (Å²) in [6, 6.07) is 21.7. The van der Waals surface area contributed by atoms with Gasteiger partial charge in [0.25, 0.3) is 0 Å². The Morgan fingerprint density at radius 3 is 1.64 bits per heavy atom. The van der Waals surface area contributed by atoms with Crippen molar-refractivity contribution in [2.75, 3.05) is 0 Å². The first-order valence-electron chi connectivity index (χ1n) is 8.38. The molecular formula is C20H23NO. The highest BCUT2D eigenvalue weighted by atomic mass is 16.3. The number of benzene rings is 2. The molecular weight excluding hydrogens is 270 g/mol. The average molecular weight is 293 g/mol. The minimum absolute atomic E-state index is 0.203. The molecule has 0 spiro atoms. The van der Waals surface area contributed by atoms with E-state index in [1.165, 1.54) is 17.5 Å². The summed E-state index contributed by atoms with van der Waals surface area (Å²) >= 11 is 0. The van der Waals surface area contributed by atoms with Gasteiger partial charge in [-0.2, -0.15) is 0 Å². The Morgan fingerprint density at radius 1 is 0.727 bits per heavy atom. The maximum Gasteiger partial charge on any atom is 0.0632 e. The molecule has 1 heterocycles. The summed E-state index contributed by atoms with van der Waals surface area (Å²) in [7, 11) is 0. The lowest BCUT2D eigenvalue weighted by Gasteiger charge is -2.50. The first-order chi connectivity index (χ1) is 10.8. The lowest BCUT2D eigenvalue weighted by molar-refractivity contribution is -0.0517. The Morgan fingerprint density at radius 2 is 1.18 bits per heavy atom. The molecule has 2 aliphatic rings. The second-order valence-electron chi connectivity index (χ2n) is 6.69. The third kappa shape index (κ3) is 2.37. The Labute approximate surface area is 132 Å². The van der Waals surface area contributed by atoms with E-state index in [0.717, 1.165) is 12.8 Å². The van der Waals surface area contributed by atoms with Crippen molar-refractivity contribution < 1.29 is 5.11 Å². The zero-order valence-electron chi connectivity index (χ0n) is 12.7. The van der Waals surface area contributed by atoms with Gasteiger partial charge in [-0.1, -0.05) is 67.1 Å². The van der Waals surface area contributed by atoms with Gasteiger partial charge in [0.2, 0.25) is 0 Å². The molecule has 2 fully saturated rings. The van der Waals surface area contributed by atoms with E-state index >= 15 is 0 Å². The molecule has 4 atom stereocenters. The second kappa shape index (κ2) is 5.86. The normalized spacial score (nSPS) is 34.3. The van der Waals surface area contributed by atoms with Crippen molar-refractivity contribution in [3.05, 3.63) is 71.8 Å². The summed E-state index contributed by atoms with van der Waals surface area (Å²) in [4.78, 5) is 0. The van der Waals surface area contributed by atoms with Crippen molar-refractivity contribution in [3.63, 3.8) is 0 Å². The summed E-state index contributed by atoms with van der Waals surface area (Å²) < 4.78 is 0. The van der Waals surface area contributed by atoms with Gasteiger partial charge >= 0.3 is 0 Å². The van der Waals surface area contributed by atoms with Crippen molar-refractivity contribution in [1.29, 1.82) is 0 Å². The molecule has 2 bridgehead atoms. The largest absolute Gasteiger partial charge is 0.392 e. The standard InChI is InChI=1S/C20H23NO/c22-20-16-12-7-13-17(20)19(15-10-5-2-6-11-15)21-18(16)14-8-3-1-4-9-14/h1-6,8-11,16-22H,7,12-13H2/t16-,17-,18+,19+/m1/s1. The molecule has 1 saturated heterocycles. The van der Waals surface area contributed by atoms with Crippen molar-refractivity contribution in [2.45, 2.75) is 37.5 Å². The minimum Gasteiger partial charge on any atom is -0.392 e. The number of rotatable bonds is 2. The van der Waals surface area contributed by atoms with Gasteiger partial charge in [-0.3, -0.25) is 0 Å². The van der Waals surface area contributed by atoms with Crippen molar-refractivity contribution in [1.82, 2.24) is 5.32 Å². The Hall–Kier alpha value is -1.64. The number of nitrogens with one attached hydrogen (secondary N) is 1. The van der Waals surface area contributed by atoms with Crippen LogP contribution >= 0.6 is 0 Å². The van der Waals surface area contributed by atoms with Gasteiger partial charge in [-0.25, -0.2) is 0 Å². The van der Waals surface area contributed by atoms with E-state index in [1.54, 1.807) is 0 Å². The fourth-order valence-electron chi connectivity index (χ4n) is 4.42. The van der Waals surface area contributed by atoms with Gasteiger partial charge in [-0.05, 0) is 24.0 Å². The SMILES string of the molecule is OC1[C@@H]2CCC[C@@H]1[C@H](c1ccccc1)N[C@H]2c1ccccc1. The summed E-state index contributed by atoms with van der Waals surface area (Å²) in [5.41, 5.74) is 2.60. The number of piperidine rings is 1. The van der Waals surface area contributed by atoms with Crippen LogP contribution in [0.3, 0.4) is 0 Å². The number of aliphatic hydroxyl groups is 1. The molecule has 0 radical (unpaired) electrons. The summed E-state index contributed by atoms with van der Waals surface area (Å²) in [6.07, 6.45) is 3.25. The van der Waals surface area contributed by atoms with E-state index in [4.69, 9.17) is 0 Å². The molecule has 2 N–H and O–H groups in total. The maximum absolute atomic E-state index is 10.9. The summed E-state index contributed by atoms with van der Waals surface area (Å²) in [5.74, 6) is 0.669. The van der Waals surface area contributed by atoms with Crippen LogP contribution in [0.5, 0.6) is 0 Å². The first kappa shape index (κ1) is 14.0. The predicted molar refractivity (Wildman–Crippen MR) is 88.3 cm³/mol. The molecule has 114 valence electrons. The third-order valence-corrected chi connectivity index (χ3v) is 5.49. The molecule has 4 rings (SSSR count). The van der Waals surface area contributed by atoms with E-state index in [-0.39, 0.29) is 18.2 Å². The van der Waals surface area contributed by atoms with E-state index in [1.807, 2.05) is 0 Å². The Bertz CT molecular complexity index is 559. The predicted octanol–water partition coefficient (Wildman–Crippen LogP) is 3.85. The highest BCUT2D eigenvalue weighted by Gasteiger charge is 2.46. The highest BCUT2D eigenvalue weighted by molar-refractivity contribution is 5.27. The molecule has 1 aliphatic heterocycles. The lowest BCUT2D eigenvalue weighted by Crippen LogP contribution is -2.52. The average Bonchev–Trinajstić information content (AvgIpc) is 2.57. The van der Waals surface area contributed by atoms with Crippen LogP contribution in [0.25, 0.3) is 0 Å². The summed E-state index contributed by atoms with van der Waals surface area (Å²) in [6.45, 7) is 0. The second-order valence-corrected chi connectivity index (χ2v) is 6.69. The van der Waals surface area contributed by atoms with Crippen molar-refractivity contribution in [2.24, 2.45) is 11.8 Å². The van der Waals surface area contributed by atoms with Crippen LogP contribution in [0.4, 0.5) is 0 Å². The number of aliphatic hydroxyl groups excluding tert-OH is 1. The first-order valence-corrected chi connectivity index (χ1v) is 8.38. The van der Waals surface area contributed by atoms with Gasteiger partial charge in [-0.15, -0.1) is 0 Å². The van der Waals surface area contributed by atoms with Crippen LogP contribution < -0.4 is 5.32 Å². The fraction of sp³-hybridized carbons (Fsp3) is 0.400. The molecule has 0 unspecified atom stereocenters. The van der Waals surface area contributed by atoms with Gasteiger partial charge in [0.1, 0.15) is 0 Å². The third-order valence-electron chi connectivity index (χ3n) is 5.49. The van der Waals surface area contributed by atoms with Crippen LogP contribution in [0.2, 0.25) is 0 Å². The van der Waals surface area contributed by atoms with Crippen molar-refractivity contribution in [3.8, 4) is 0 Å². The minimum atomic E-state index is -0.203. The van der Waals surface area contributed by atoms with Crippen molar-refractivity contribution >= 4 is 0 Å². The highest BCUT2D eigenvalue weighted by Crippen LogP contribution is 2.47. The Balaban J connectivity index is 1.71. The molecule has 0 amide bonds. The van der Waals surface area contributed by atoms with E-state index < -0.39 is 0 Å². The molecule has 2 heteroatoms. The number of hydrogen-bond donors (Lipinski definition) is 2. The molecule has 2 aromatic carbocycles. The zero-order valence-corrected chi connectivity index (χ0v) is 12.7. The van der Waals surface area contributed by atoms with Crippen LogP contribution in [0, 0.1) is 11.8 Å². The van der Waals surface area contributed by atoms with Gasteiger partial charge < -0.3 is 10.4 Å². The quantitative estimate of drug-likeness (QED) is 0.881. The smallest absolute Gasteiger partial charge is 0.0632 e. The van der Waals surface area contributed by atoms with Gasteiger partial charge in [0.05, 0.1) is 6.10 Å². The molecule has 1 saturated carbocycles. The van der Waals surface area contributed by atoms with Crippen LogP contribution in [-0.2, 0) is 0 Å². The van der Waals surface area contributed by atoms with Crippen LogP contribution in [-0.4, -0.2) is 11.2 Å². The van der Waals surface area contributed by atoms with Crippen LogP contribution in [0.15, 0.2) is 60.7 Å². The fourth-order valence-corrected chi connectivity index (χ4v) is 4.42. The van der Waals surface area contributed by atoms with E-state index in [0.29, 0.717) is 11.8 Å². The lowest BCUT2D eigenvalue weighted by atomic mass is 9.66. The van der Waals surface area contributed by atoms with Gasteiger partial charge in [0.15, 0.2) is 0 Å². The molecule has 2 aromatic rings. The molecule has 1 aliphatic carbocycles. The monoisotopic (exact) mass is 293 g/mol. The zero-order chi connectivity index (χ0) is 14.9. The number of hydrogen-bond acceptors (Lipinski definition) is 2. The molecule has 2 nitrogen and oxygen atoms in total. The topological polar surface area (TPSA) is 32.3 Å². The van der Waals surface area contributed by atoms with E-state index in [9.17, 15) is 5.11 Å². The summed E-state index contributed by atoms with van der Waals surface area (Å²) in [5, 5.41) is 14.8. The molecule has 22 heavy (non-hydrogen) atoms. The molecule has 0 aromatic heterocycles.